The largest absolute Gasteiger partial charge is 0.462 e. The molecule has 1 aliphatic rings. The number of hydrogen-bond donors (Lipinski definition) is 2. The molecule has 0 unspecified atom stereocenters. The van der Waals surface area contributed by atoms with Gasteiger partial charge >= 0.3 is 11.9 Å². The standard InChI is InChI=1S/C28H28F2N2O7S2/c1-4-38-28(35)24-19-11-9-15(2)13-22(19)40-26(24)31-25(33)16(3)39-27(34)18-7-5-6-8-21(18)32-41(36,37)23-14-17(29)10-12-20(23)30/h5-8,10,12,14-16,32H,4,9,11,13H2,1-3H3,(H,31,33)/t15-,16+/m1/s1. The molecule has 2 N–H and O–H groups in total. The van der Waals surface area contributed by atoms with Crippen molar-refractivity contribution in [3.05, 3.63) is 75.7 Å². The van der Waals surface area contributed by atoms with E-state index in [4.69, 9.17) is 9.47 Å². The number of halogens is 2. The molecule has 0 bridgehead atoms. The lowest BCUT2D eigenvalue weighted by atomic mass is 9.88. The van der Waals surface area contributed by atoms with Gasteiger partial charge in [0, 0.05) is 4.88 Å². The maximum absolute atomic E-state index is 14.1. The van der Waals surface area contributed by atoms with Gasteiger partial charge in [0.25, 0.3) is 15.9 Å². The van der Waals surface area contributed by atoms with Gasteiger partial charge in [-0.05, 0) is 74.9 Å². The average Bonchev–Trinajstić information content (AvgIpc) is 3.26. The van der Waals surface area contributed by atoms with E-state index in [1.54, 1.807) is 6.92 Å². The smallest absolute Gasteiger partial charge is 0.341 e. The highest BCUT2D eigenvalue weighted by molar-refractivity contribution is 7.92. The molecule has 1 aromatic heterocycles. The lowest BCUT2D eigenvalue weighted by Crippen LogP contribution is -2.30. The van der Waals surface area contributed by atoms with Crippen molar-refractivity contribution in [2.24, 2.45) is 5.92 Å². The lowest BCUT2D eigenvalue weighted by Gasteiger charge is -2.18. The van der Waals surface area contributed by atoms with Crippen LogP contribution in [0.3, 0.4) is 0 Å². The summed E-state index contributed by atoms with van der Waals surface area (Å²) < 4.78 is 65.8. The Morgan fingerprint density at radius 2 is 1.85 bits per heavy atom. The molecule has 1 amide bonds. The van der Waals surface area contributed by atoms with Crippen LogP contribution in [0.4, 0.5) is 19.5 Å². The van der Waals surface area contributed by atoms with Gasteiger partial charge < -0.3 is 14.8 Å². The number of esters is 2. The van der Waals surface area contributed by atoms with Crippen molar-refractivity contribution in [1.29, 1.82) is 0 Å². The molecule has 9 nitrogen and oxygen atoms in total. The van der Waals surface area contributed by atoms with Gasteiger partial charge in [0.1, 0.15) is 21.5 Å². The minimum Gasteiger partial charge on any atom is -0.462 e. The summed E-state index contributed by atoms with van der Waals surface area (Å²) in [5, 5.41) is 2.98. The van der Waals surface area contributed by atoms with E-state index in [2.05, 4.69) is 17.0 Å². The fraction of sp³-hybridized carbons (Fsp3) is 0.321. The number of rotatable bonds is 9. The van der Waals surface area contributed by atoms with E-state index >= 15 is 0 Å². The highest BCUT2D eigenvalue weighted by Crippen LogP contribution is 2.40. The third-order valence-electron chi connectivity index (χ3n) is 6.46. The van der Waals surface area contributed by atoms with Crippen LogP contribution >= 0.6 is 11.3 Å². The van der Waals surface area contributed by atoms with Crippen LogP contribution in [0, 0.1) is 17.6 Å². The number of para-hydroxylation sites is 1. The minimum atomic E-state index is -4.63. The van der Waals surface area contributed by atoms with Crippen LogP contribution in [0.5, 0.6) is 0 Å². The molecule has 0 aliphatic heterocycles. The van der Waals surface area contributed by atoms with Crippen LogP contribution in [-0.2, 0) is 37.1 Å². The van der Waals surface area contributed by atoms with Crippen LogP contribution in [0.1, 0.15) is 58.3 Å². The van der Waals surface area contributed by atoms with Crippen molar-refractivity contribution in [3.63, 3.8) is 0 Å². The Hall–Kier alpha value is -3.84. The number of anilines is 2. The molecule has 0 spiro atoms. The summed E-state index contributed by atoms with van der Waals surface area (Å²) in [5.74, 6) is -4.03. The summed E-state index contributed by atoms with van der Waals surface area (Å²) in [5.41, 5.74) is 0.621. The summed E-state index contributed by atoms with van der Waals surface area (Å²) in [6.45, 7) is 5.28. The Labute approximate surface area is 239 Å². The summed E-state index contributed by atoms with van der Waals surface area (Å²) >= 11 is 1.28. The molecule has 0 saturated carbocycles. The first-order valence-electron chi connectivity index (χ1n) is 12.8. The summed E-state index contributed by atoms with van der Waals surface area (Å²) in [6.07, 6.45) is 0.986. The van der Waals surface area contributed by atoms with Crippen LogP contribution < -0.4 is 10.0 Å². The summed E-state index contributed by atoms with van der Waals surface area (Å²) in [6, 6.07) is 7.29. The third-order valence-corrected chi connectivity index (χ3v) is 9.01. The van der Waals surface area contributed by atoms with Crippen molar-refractivity contribution >= 4 is 49.9 Å². The molecule has 1 aliphatic carbocycles. The summed E-state index contributed by atoms with van der Waals surface area (Å²) in [7, 11) is -4.63. The predicted molar refractivity (Wildman–Crippen MR) is 149 cm³/mol. The molecule has 1 heterocycles. The molecular weight excluding hydrogens is 578 g/mol. The van der Waals surface area contributed by atoms with E-state index < -0.39 is 50.5 Å². The number of ether oxygens (including phenoxy) is 2. The Balaban J connectivity index is 1.52. The third kappa shape index (κ3) is 6.73. The van der Waals surface area contributed by atoms with Gasteiger partial charge in [0.2, 0.25) is 0 Å². The zero-order valence-electron chi connectivity index (χ0n) is 22.5. The quantitative estimate of drug-likeness (QED) is 0.316. The zero-order valence-corrected chi connectivity index (χ0v) is 24.1. The average molecular weight is 607 g/mol. The molecule has 4 rings (SSSR count). The molecular formula is C28H28F2N2O7S2. The maximum Gasteiger partial charge on any atom is 0.341 e. The van der Waals surface area contributed by atoms with Crippen molar-refractivity contribution < 1.29 is 41.1 Å². The molecule has 0 radical (unpaired) electrons. The van der Waals surface area contributed by atoms with E-state index in [0.717, 1.165) is 29.3 Å². The lowest BCUT2D eigenvalue weighted by molar-refractivity contribution is -0.123. The molecule has 13 heteroatoms. The van der Waals surface area contributed by atoms with E-state index in [0.29, 0.717) is 35.0 Å². The maximum atomic E-state index is 14.1. The number of hydrogen-bond acceptors (Lipinski definition) is 8. The minimum absolute atomic E-state index is 0.163. The normalized spacial score (nSPS) is 15.4. The molecule has 41 heavy (non-hydrogen) atoms. The molecule has 0 saturated heterocycles. The first-order valence-corrected chi connectivity index (χ1v) is 15.1. The van der Waals surface area contributed by atoms with E-state index in [1.807, 2.05) is 0 Å². The number of sulfonamides is 1. The van der Waals surface area contributed by atoms with E-state index in [9.17, 15) is 31.6 Å². The molecule has 0 fully saturated rings. The van der Waals surface area contributed by atoms with Crippen LogP contribution in [0.15, 0.2) is 47.4 Å². The Morgan fingerprint density at radius 3 is 2.59 bits per heavy atom. The van der Waals surface area contributed by atoms with Crippen LogP contribution in [0.25, 0.3) is 0 Å². The van der Waals surface area contributed by atoms with Crippen molar-refractivity contribution in [1.82, 2.24) is 0 Å². The topological polar surface area (TPSA) is 128 Å². The predicted octanol–water partition coefficient (Wildman–Crippen LogP) is 5.31. The Bertz CT molecular complexity index is 1600. The monoisotopic (exact) mass is 606 g/mol. The second-order valence-corrected chi connectivity index (χ2v) is 12.3. The summed E-state index contributed by atoms with van der Waals surface area (Å²) in [4.78, 5) is 38.8. The van der Waals surface area contributed by atoms with Gasteiger partial charge in [-0.2, -0.15) is 0 Å². The number of benzene rings is 2. The number of carbonyl (C=O) groups is 3. The SMILES string of the molecule is CCOC(=O)c1c(NC(=O)[C@H](C)OC(=O)c2ccccc2NS(=O)(=O)c2cc(F)ccc2F)sc2c1CC[C@@H](C)C2. The number of thiophene rings is 1. The van der Waals surface area contributed by atoms with Gasteiger partial charge in [-0.3, -0.25) is 9.52 Å². The number of nitrogens with one attached hydrogen (secondary N) is 2. The van der Waals surface area contributed by atoms with Gasteiger partial charge in [-0.15, -0.1) is 11.3 Å². The fourth-order valence-corrected chi connectivity index (χ4v) is 6.95. The second kappa shape index (κ2) is 12.4. The van der Waals surface area contributed by atoms with Gasteiger partial charge in [-0.25, -0.2) is 26.8 Å². The zero-order chi connectivity index (χ0) is 29.9. The first kappa shape index (κ1) is 30.1. The number of fused-ring (bicyclic) bond motifs is 1. The van der Waals surface area contributed by atoms with Gasteiger partial charge in [0.05, 0.1) is 23.4 Å². The Kier molecular flexibility index (Phi) is 9.08. The molecule has 2 atom stereocenters. The van der Waals surface area contributed by atoms with Crippen molar-refractivity contribution in [3.8, 4) is 0 Å². The Morgan fingerprint density at radius 1 is 1.12 bits per heavy atom. The highest BCUT2D eigenvalue weighted by atomic mass is 32.2. The first-order chi connectivity index (χ1) is 19.4. The molecule has 2 aromatic carbocycles. The number of amides is 1. The molecule has 3 aromatic rings. The van der Waals surface area contributed by atoms with Gasteiger partial charge in [-0.1, -0.05) is 19.1 Å². The van der Waals surface area contributed by atoms with Crippen molar-refractivity contribution in [2.75, 3.05) is 16.6 Å². The van der Waals surface area contributed by atoms with Crippen molar-refractivity contribution in [2.45, 2.75) is 51.0 Å². The van der Waals surface area contributed by atoms with Gasteiger partial charge in [0.15, 0.2) is 6.10 Å². The fourth-order valence-electron chi connectivity index (χ4n) is 4.38. The van der Waals surface area contributed by atoms with E-state index in [-0.39, 0.29) is 17.9 Å². The van der Waals surface area contributed by atoms with Crippen LogP contribution in [0.2, 0.25) is 0 Å². The van der Waals surface area contributed by atoms with Crippen LogP contribution in [-0.4, -0.2) is 39.0 Å². The van der Waals surface area contributed by atoms with E-state index in [1.165, 1.54) is 42.5 Å². The highest BCUT2D eigenvalue weighted by Gasteiger charge is 2.31. The number of carbonyl (C=O) groups excluding carboxylic acids is 3. The molecule has 218 valence electrons. The second-order valence-electron chi connectivity index (χ2n) is 9.54.